The average molecular weight is 305 g/mol. The SMILES string of the molecule is CCCC(CC)NCc1ccc(Br)cc1Cl. The number of nitrogens with one attached hydrogen (secondary N) is 1. The van der Waals surface area contributed by atoms with E-state index in [0.29, 0.717) is 6.04 Å². The maximum Gasteiger partial charge on any atom is 0.0462 e. The summed E-state index contributed by atoms with van der Waals surface area (Å²) in [5.41, 5.74) is 1.17. The maximum atomic E-state index is 6.16. The van der Waals surface area contributed by atoms with Crippen LogP contribution in [0.15, 0.2) is 22.7 Å². The molecule has 1 nitrogen and oxygen atoms in total. The van der Waals surface area contributed by atoms with Gasteiger partial charge in [0.25, 0.3) is 0 Å². The Balaban J connectivity index is 2.53. The molecule has 1 rings (SSSR count). The summed E-state index contributed by atoms with van der Waals surface area (Å²) < 4.78 is 1.03. The van der Waals surface area contributed by atoms with Crippen molar-refractivity contribution in [3.8, 4) is 0 Å². The Morgan fingerprint density at radius 2 is 2.12 bits per heavy atom. The predicted octanol–water partition coefficient (Wildman–Crippen LogP) is 4.77. The van der Waals surface area contributed by atoms with Crippen LogP contribution in [0.4, 0.5) is 0 Å². The van der Waals surface area contributed by atoms with Gasteiger partial charge >= 0.3 is 0 Å². The fourth-order valence-corrected chi connectivity index (χ4v) is 2.46. The number of hydrogen-bond acceptors (Lipinski definition) is 1. The lowest BCUT2D eigenvalue weighted by atomic mass is 10.1. The van der Waals surface area contributed by atoms with Crippen molar-refractivity contribution in [2.24, 2.45) is 0 Å². The van der Waals surface area contributed by atoms with Gasteiger partial charge in [0.1, 0.15) is 0 Å². The van der Waals surface area contributed by atoms with E-state index in [4.69, 9.17) is 11.6 Å². The molecule has 0 aliphatic heterocycles. The molecule has 0 heterocycles. The molecule has 3 heteroatoms. The summed E-state index contributed by atoms with van der Waals surface area (Å²) in [5, 5.41) is 4.37. The van der Waals surface area contributed by atoms with Gasteiger partial charge in [0.2, 0.25) is 0 Å². The lowest BCUT2D eigenvalue weighted by molar-refractivity contribution is 0.462. The second-order valence-electron chi connectivity index (χ2n) is 4.01. The lowest BCUT2D eigenvalue weighted by Crippen LogP contribution is -2.27. The monoisotopic (exact) mass is 303 g/mol. The highest BCUT2D eigenvalue weighted by Gasteiger charge is 2.06. The second kappa shape index (κ2) is 7.31. The molecule has 0 aromatic heterocycles. The van der Waals surface area contributed by atoms with E-state index in [1.165, 1.54) is 24.8 Å². The summed E-state index contributed by atoms with van der Waals surface area (Å²) in [7, 11) is 0. The topological polar surface area (TPSA) is 12.0 Å². The van der Waals surface area contributed by atoms with E-state index >= 15 is 0 Å². The van der Waals surface area contributed by atoms with E-state index < -0.39 is 0 Å². The van der Waals surface area contributed by atoms with Gasteiger partial charge in [0, 0.05) is 22.1 Å². The van der Waals surface area contributed by atoms with Crippen LogP contribution in [0, 0.1) is 0 Å². The zero-order valence-corrected chi connectivity index (χ0v) is 12.2. The second-order valence-corrected chi connectivity index (χ2v) is 5.33. The van der Waals surface area contributed by atoms with Gasteiger partial charge in [-0.2, -0.15) is 0 Å². The van der Waals surface area contributed by atoms with Crippen molar-refractivity contribution in [1.82, 2.24) is 5.32 Å². The van der Waals surface area contributed by atoms with E-state index in [0.717, 1.165) is 16.0 Å². The van der Waals surface area contributed by atoms with Crippen LogP contribution < -0.4 is 5.32 Å². The molecule has 0 aliphatic rings. The highest BCUT2D eigenvalue weighted by atomic mass is 79.9. The van der Waals surface area contributed by atoms with Crippen molar-refractivity contribution in [3.63, 3.8) is 0 Å². The standard InChI is InChI=1S/C13H19BrClN/c1-3-5-12(4-2)16-9-10-6-7-11(14)8-13(10)15/h6-8,12,16H,3-5,9H2,1-2H3. The van der Waals surface area contributed by atoms with Crippen LogP contribution in [0.2, 0.25) is 5.02 Å². The van der Waals surface area contributed by atoms with E-state index in [-0.39, 0.29) is 0 Å². The molecule has 0 aliphatic carbocycles. The van der Waals surface area contributed by atoms with Crippen molar-refractivity contribution in [1.29, 1.82) is 0 Å². The molecular formula is C13H19BrClN. The molecule has 1 aromatic rings. The first-order valence-corrected chi connectivity index (χ1v) is 7.01. The van der Waals surface area contributed by atoms with Crippen LogP contribution in [0.25, 0.3) is 0 Å². The fraction of sp³-hybridized carbons (Fsp3) is 0.538. The summed E-state index contributed by atoms with van der Waals surface area (Å²) in [5.74, 6) is 0. The first-order valence-electron chi connectivity index (χ1n) is 5.84. The maximum absolute atomic E-state index is 6.16. The summed E-state index contributed by atoms with van der Waals surface area (Å²) in [4.78, 5) is 0. The number of benzene rings is 1. The predicted molar refractivity (Wildman–Crippen MR) is 75.0 cm³/mol. The Kier molecular flexibility index (Phi) is 6.40. The van der Waals surface area contributed by atoms with Crippen LogP contribution >= 0.6 is 27.5 Å². The molecule has 0 fully saturated rings. The Morgan fingerprint density at radius 1 is 1.38 bits per heavy atom. The molecule has 0 bridgehead atoms. The Labute approximate surface area is 112 Å². The molecule has 1 unspecified atom stereocenters. The third kappa shape index (κ3) is 4.44. The van der Waals surface area contributed by atoms with Crippen molar-refractivity contribution in [2.45, 2.75) is 45.7 Å². The third-order valence-electron chi connectivity index (χ3n) is 2.73. The summed E-state index contributed by atoms with van der Waals surface area (Å²) in [6.45, 7) is 5.29. The minimum absolute atomic E-state index is 0.602. The van der Waals surface area contributed by atoms with Crippen LogP contribution in [0.1, 0.15) is 38.7 Å². The molecule has 90 valence electrons. The van der Waals surface area contributed by atoms with Gasteiger partial charge < -0.3 is 5.32 Å². The number of rotatable bonds is 6. The molecule has 0 spiro atoms. The van der Waals surface area contributed by atoms with Crippen LogP contribution in [0.3, 0.4) is 0 Å². The van der Waals surface area contributed by atoms with Gasteiger partial charge in [-0.05, 0) is 30.5 Å². The van der Waals surface area contributed by atoms with E-state index in [1.807, 2.05) is 12.1 Å². The summed E-state index contributed by atoms with van der Waals surface area (Å²) in [6, 6.07) is 6.64. The van der Waals surface area contributed by atoms with Crippen LogP contribution in [0.5, 0.6) is 0 Å². The zero-order chi connectivity index (χ0) is 12.0. The summed E-state index contributed by atoms with van der Waals surface area (Å²) >= 11 is 9.57. The fourth-order valence-electron chi connectivity index (χ4n) is 1.72. The van der Waals surface area contributed by atoms with Crippen LogP contribution in [-0.4, -0.2) is 6.04 Å². The van der Waals surface area contributed by atoms with Crippen molar-refractivity contribution in [3.05, 3.63) is 33.3 Å². The highest BCUT2D eigenvalue weighted by molar-refractivity contribution is 9.10. The largest absolute Gasteiger partial charge is 0.310 e. The lowest BCUT2D eigenvalue weighted by Gasteiger charge is -2.16. The number of halogens is 2. The quantitative estimate of drug-likeness (QED) is 0.798. The summed E-state index contributed by atoms with van der Waals surface area (Å²) in [6.07, 6.45) is 3.62. The molecule has 0 saturated carbocycles. The first-order chi connectivity index (χ1) is 7.67. The molecular weight excluding hydrogens is 286 g/mol. The normalized spacial score (nSPS) is 12.8. The van der Waals surface area contributed by atoms with Crippen LogP contribution in [-0.2, 0) is 6.54 Å². The molecule has 0 amide bonds. The van der Waals surface area contributed by atoms with Gasteiger partial charge in [-0.3, -0.25) is 0 Å². The zero-order valence-electron chi connectivity index (χ0n) is 9.89. The van der Waals surface area contributed by atoms with Crippen molar-refractivity contribution >= 4 is 27.5 Å². The Morgan fingerprint density at radius 3 is 2.69 bits per heavy atom. The minimum Gasteiger partial charge on any atom is -0.310 e. The molecule has 0 saturated heterocycles. The van der Waals surface area contributed by atoms with Gasteiger partial charge in [-0.1, -0.05) is 53.9 Å². The van der Waals surface area contributed by atoms with E-state index in [2.05, 4.69) is 41.2 Å². The Bertz CT molecular complexity index is 328. The smallest absolute Gasteiger partial charge is 0.0462 e. The molecule has 1 aromatic carbocycles. The first kappa shape index (κ1) is 14.0. The third-order valence-corrected chi connectivity index (χ3v) is 3.57. The molecule has 1 atom stereocenters. The average Bonchev–Trinajstić information content (AvgIpc) is 2.26. The Hall–Kier alpha value is -0.0500. The minimum atomic E-state index is 0.602. The molecule has 0 radical (unpaired) electrons. The van der Waals surface area contributed by atoms with Crippen molar-refractivity contribution in [2.75, 3.05) is 0 Å². The van der Waals surface area contributed by atoms with Gasteiger partial charge in [0.05, 0.1) is 0 Å². The molecule has 1 N–H and O–H groups in total. The van der Waals surface area contributed by atoms with Gasteiger partial charge in [0.15, 0.2) is 0 Å². The number of hydrogen-bond donors (Lipinski definition) is 1. The van der Waals surface area contributed by atoms with Crippen molar-refractivity contribution < 1.29 is 0 Å². The highest BCUT2D eigenvalue weighted by Crippen LogP contribution is 2.21. The van der Waals surface area contributed by atoms with Gasteiger partial charge in [-0.25, -0.2) is 0 Å². The van der Waals surface area contributed by atoms with E-state index in [1.54, 1.807) is 0 Å². The van der Waals surface area contributed by atoms with E-state index in [9.17, 15) is 0 Å². The molecule has 16 heavy (non-hydrogen) atoms. The van der Waals surface area contributed by atoms with Gasteiger partial charge in [-0.15, -0.1) is 0 Å².